The predicted octanol–water partition coefficient (Wildman–Crippen LogP) is 2.93. The lowest BCUT2D eigenvalue weighted by molar-refractivity contribution is 0.423. The highest BCUT2D eigenvalue weighted by Crippen LogP contribution is 2.37. The Morgan fingerprint density at radius 3 is 2.93 bits per heavy atom. The molecule has 0 saturated carbocycles. The first-order valence-electron chi connectivity index (χ1n) is 5.39. The van der Waals surface area contributed by atoms with Crippen molar-refractivity contribution in [3.8, 4) is 5.75 Å². The van der Waals surface area contributed by atoms with Gasteiger partial charge >= 0.3 is 0 Å². The summed E-state index contributed by atoms with van der Waals surface area (Å²) in [4.78, 5) is 0. The summed E-state index contributed by atoms with van der Waals surface area (Å²) >= 11 is 3.43. The molecule has 1 saturated heterocycles. The first-order chi connectivity index (χ1) is 7.20. The van der Waals surface area contributed by atoms with Crippen LogP contribution in [-0.4, -0.2) is 18.2 Å². The zero-order chi connectivity index (χ0) is 10.8. The lowest BCUT2D eigenvalue weighted by Crippen LogP contribution is -2.28. The summed E-state index contributed by atoms with van der Waals surface area (Å²) in [5.74, 6) is 0.874. The highest BCUT2D eigenvalue weighted by Gasteiger charge is 2.19. The maximum atomic E-state index is 10.1. The summed E-state index contributed by atoms with van der Waals surface area (Å²) in [5, 5.41) is 13.4. The van der Waals surface area contributed by atoms with Crippen molar-refractivity contribution >= 4 is 15.9 Å². The molecule has 1 fully saturated rings. The smallest absolute Gasteiger partial charge is 0.133 e. The number of phenolic OH excluding ortho intramolecular Hbond substituents is 1. The van der Waals surface area contributed by atoms with Gasteiger partial charge in [0.1, 0.15) is 5.75 Å². The molecule has 2 rings (SSSR count). The molecule has 1 aromatic carbocycles. The second kappa shape index (κ2) is 4.54. The van der Waals surface area contributed by atoms with E-state index in [1.54, 1.807) is 0 Å². The molecular weight excluding hydrogens is 254 g/mol. The summed E-state index contributed by atoms with van der Waals surface area (Å²) in [6.45, 7) is 4.07. The van der Waals surface area contributed by atoms with Gasteiger partial charge in [0.15, 0.2) is 0 Å². The lowest BCUT2D eigenvalue weighted by Gasteiger charge is -2.24. The fraction of sp³-hybridized carbons (Fsp3) is 0.500. The van der Waals surface area contributed by atoms with Crippen molar-refractivity contribution < 1.29 is 5.11 Å². The molecule has 2 N–H and O–H groups in total. The van der Waals surface area contributed by atoms with E-state index in [9.17, 15) is 5.11 Å². The van der Waals surface area contributed by atoms with Gasteiger partial charge in [-0.2, -0.15) is 0 Å². The van der Waals surface area contributed by atoms with E-state index in [0.29, 0.717) is 11.7 Å². The average molecular weight is 270 g/mol. The molecule has 0 spiro atoms. The minimum atomic E-state index is 0.420. The molecule has 1 aromatic rings. The second-order valence-corrected chi connectivity index (χ2v) is 4.97. The second-order valence-electron chi connectivity index (χ2n) is 4.18. The third-order valence-corrected chi connectivity index (χ3v) is 4.08. The van der Waals surface area contributed by atoms with Crippen LogP contribution in [0.2, 0.25) is 0 Å². The lowest BCUT2D eigenvalue weighted by atomic mass is 9.90. The third kappa shape index (κ3) is 2.18. The van der Waals surface area contributed by atoms with Crippen molar-refractivity contribution in [2.24, 2.45) is 0 Å². The van der Waals surface area contributed by atoms with Gasteiger partial charge in [-0.05, 0) is 53.4 Å². The number of benzene rings is 1. The van der Waals surface area contributed by atoms with Gasteiger partial charge in [0, 0.05) is 12.5 Å². The van der Waals surface area contributed by atoms with Crippen LogP contribution < -0.4 is 5.32 Å². The first-order valence-corrected chi connectivity index (χ1v) is 6.18. The number of rotatable bonds is 1. The zero-order valence-electron chi connectivity index (χ0n) is 8.89. The number of aromatic hydroxyl groups is 1. The number of piperidine rings is 1. The van der Waals surface area contributed by atoms with Gasteiger partial charge in [0.2, 0.25) is 0 Å². The summed E-state index contributed by atoms with van der Waals surface area (Å²) in [6, 6.07) is 4.11. The highest BCUT2D eigenvalue weighted by atomic mass is 79.9. The van der Waals surface area contributed by atoms with Gasteiger partial charge in [0.05, 0.1) is 4.47 Å². The van der Waals surface area contributed by atoms with Gasteiger partial charge in [-0.3, -0.25) is 0 Å². The van der Waals surface area contributed by atoms with E-state index < -0.39 is 0 Å². The van der Waals surface area contributed by atoms with Crippen LogP contribution >= 0.6 is 15.9 Å². The summed E-state index contributed by atoms with van der Waals surface area (Å²) in [5.41, 5.74) is 2.15. The van der Waals surface area contributed by atoms with E-state index in [-0.39, 0.29) is 0 Å². The zero-order valence-corrected chi connectivity index (χ0v) is 10.5. The van der Waals surface area contributed by atoms with E-state index in [4.69, 9.17) is 0 Å². The molecular formula is C12H16BrNO. The van der Waals surface area contributed by atoms with E-state index in [1.807, 2.05) is 13.0 Å². The Morgan fingerprint density at radius 1 is 1.47 bits per heavy atom. The summed E-state index contributed by atoms with van der Waals surface area (Å²) in [6.07, 6.45) is 2.35. The molecule has 1 atom stereocenters. The normalized spacial score (nSPS) is 21.6. The van der Waals surface area contributed by atoms with Crippen molar-refractivity contribution in [3.63, 3.8) is 0 Å². The van der Waals surface area contributed by atoms with Crippen LogP contribution in [0.3, 0.4) is 0 Å². The van der Waals surface area contributed by atoms with E-state index in [0.717, 1.165) is 35.1 Å². The molecule has 82 valence electrons. The number of halogens is 1. The monoisotopic (exact) mass is 269 g/mol. The fourth-order valence-electron chi connectivity index (χ4n) is 2.13. The van der Waals surface area contributed by atoms with Crippen molar-refractivity contribution in [2.75, 3.05) is 13.1 Å². The third-order valence-electron chi connectivity index (χ3n) is 3.08. The maximum absolute atomic E-state index is 10.1. The van der Waals surface area contributed by atoms with E-state index in [2.05, 4.69) is 27.3 Å². The van der Waals surface area contributed by atoms with Gasteiger partial charge in [-0.25, -0.2) is 0 Å². The van der Waals surface area contributed by atoms with Gasteiger partial charge in [0.25, 0.3) is 0 Å². The van der Waals surface area contributed by atoms with Crippen LogP contribution in [0.25, 0.3) is 0 Å². The van der Waals surface area contributed by atoms with Crippen LogP contribution in [0.5, 0.6) is 5.75 Å². The Labute approximate surface area is 98.8 Å². The Morgan fingerprint density at radius 2 is 2.27 bits per heavy atom. The number of aryl methyl sites for hydroxylation is 1. The Balaban J connectivity index is 2.31. The van der Waals surface area contributed by atoms with Gasteiger partial charge in [-0.15, -0.1) is 0 Å². The molecule has 0 bridgehead atoms. The molecule has 0 radical (unpaired) electrons. The molecule has 1 unspecified atom stereocenters. The Bertz CT molecular complexity index is 359. The largest absolute Gasteiger partial charge is 0.506 e. The Hall–Kier alpha value is -0.540. The van der Waals surface area contributed by atoms with Crippen LogP contribution in [0.1, 0.15) is 29.9 Å². The average Bonchev–Trinajstić information content (AvgIpc) is 2.27. The van der Waals surface area contributed by atoms with Crippen molar-refractivity contribution in [1.29, 1.82) is 0 Å². The van der Waals surface area contributed by atoms with Crippen molar-refractivity contribution in [2.45, 2.75) is 25.7 Å². The maximum Gasteiger partial charge on any atom is 0.133 e. The summed E-state index contributed by atoms with van der Waals surface area (Å²) in [7, 11) is 0. The van der Waals surface area contributed by atoms with Crippen LogP contribution in [0.4, 0.5) is 0 Å². The van der Waals surface area contributed by atoms with E-state index >= 15 is 0 Å². The molecule has 1 heterocycles. The standard InChI is InChI=1S/C12H16BrNO/c1-8-4-5-10(12(15)11(8)13)9-3-2-6-14-7-9/h4-5,9,14-15H,2-3,6-7H2,1H3. The van der Waals surface area contributed by atoms with Gasteiger partial charge in [-0.1, -0.05) is 12.1 Å². The molecule has 0 amide bonds. The number of hydrogen-bond donors (Lipinski definition) is 2. The number of nitrogens with one attached hydrogen (secondary N) is 1. The van der Waals surface area contributed by atoms with Crippen LogP contribution in [0.15, 0.2) is 16.6 Å². The predicted molar refractivity (Wildman–Crippen MR) is 65.4 cm³/mol. The molecule has 1 aliphatic rings. The molecule has 2 nitrogen and oxygen atoms in total. The highest BCUT2D eigenvalue weighted by molar-refractivity contribution is 9.10. The van der Waals surface area contributed by atoms with Crippen molar-refractivity contribution in [3.05, 3.63) is 27.7 Å². The Kier molecular flexibility index (Phi) is 3.32. The topological polar surface area (TPSA) is 32.3 Å². The van der Waals surface area contributed by atoms with Gasteiger partial charge < -0.3 is 10.4 Å². The van der Waals surface area contributed by atoms with Crippen molar-refractivity contribution in [1.82, 2.24) is 5.32 Å². The quantitative estimate of drug-likeness (QED) is 0.822. The first kappa shape index (κ1) is 11.0. The minimum Gasteiger partial charge on any atom is -0.506 e. The number of phenols is 1. The summed E-state index contributed by atoms with van der Waals surface area (Å²) < 4.78 is 0.838. The number of hydrogen-bond acceptors (Lipinski definition) is 2. The molecule has 15 heavy (non-hydrogen) atoms. The molecule has 0 aromatic heterocycles. The molecule has 1 aliphatic heterocycles. The molecule has 0 aliphatic carbocycles. The van der Waals surface area contributed by atoms with Crippen LogP contribution in [0, 0.1) is 6.92 Å². The fourth-order valence-corrected chi connectivity index (χ4v) is 2.49. The minimum absolute atomic E-state index is 0.420. The SMILES string of the molecule is Cc1ccc(C2CCCNC2)c(O)c1Br. The molecule has 3 heteroatoms. The van der Waals surface area contributed by atoms with E-state index in [1.165, 1.54) is 6.42 Å². The van der Waals surface area contributed by atoms with Crippen LogP contribution in [-0.2, 0) is 0 Å².